The lowest BCUT2D eigenvalue weighted by molar-refractivity contribution is 1.18. The van der Waals surface area contributed by atoms with Crippen molar-refractivity contribution in [1.82, 2.24) is 9.13 Å². The highest BCUT2D eigenvalue weighted by Gasteiger charge is 2.18. The van der Waals surface area contributed by atoms with Crippen molar-refractivity contribution >= 4 is 43.6 Å². The minimum atomic E-state index is 0.573. The predicted octanol–water partition coefficient (Wildman–Crippen LogP) is 10.8. The molecule has 50 heavy (non-hydrogen) atoms. The SMILES string of the molecule is N#Cc1cc(-c2ccc(-n3c4ccccc4c4c(C#N)cccc43)cc2)cc(-c2ccccc2-n2c3ccccc3c3cc(C#N)ccc32)c1. The van der Waals surface area contributed by atoms with Crippen LogP contribution in [0.4, 0.5) is 0 Å². The fourth-order valence-electron chi connectivity index (χ4n) is 7.42. The number of nitriles is 3. The van der Waals surface area contributed by atoms with Crippen molar-refractivity contribution in [1.29, 1.82) is 15.8 Å². The summed E-state index contributed by atoms with van der Waals surface area (Å²) in [7, 11) is 0. The quantitative estimate of drug-likeness (QED) is 0.193. The molecule has 0 unspecified atom stereocenters. The molecule has 0 atom stereocenters. The molecule has 0 aliphatic heterocycles. The van der Waals surface area contributed by atoms with Crippen molar-refractivity contribution in [2.24, 2.45) is 0 Å². The van der Waals surface area contributed by atoms with Crippen molar-refractivity contribution in [2.45, 2.75) is 0 Å². The Balaban J connectivity index is 1.19. The zero-order valence-corrected chi connectivity index (χ0v) is 26.7. The molecule has 7 aromatic carbocycles. The Hall–Kier alpha value is -7.39. The highest BCUT2D eigenvalue weighted by molar-refractivity contribution is 6.12. The fraction of sp³-hybridized carbons (Fsp3) is 0. The van der Waals surface area contributed by atoms with Gasteiger partial charge in [0.15, 0.2) is 0 Å². The van der Waals surface area contributed by atoms with E-state index in [-0.39, 0.29) is 0 Å². The van der Waals surface area contributed by atoms with E-state index in [0.717, 1.165) is 77.2 Å². The number of fused-ring (bicyclic) bond motifs is 6. The summed E-state index contributed by atoms with van der Waals surface area (Å²) >= 11 is 0. The van der Waals surface area contributed by atoms with E-state index < -0.39 is 0 Å². The summed E-state index contributed by atoms with van der Waals surface area (Å²) in [5.41, 5.74) is 11.8. The smallest absolute Gasteiger partial charge is 0.0998 e. The molecule has 0 radical (unpaired) electrons. The molecule has 0 aliphatic rings. The van der Waals surface area contributed by atoms with Crippen molar-refractivity contribution in [2.75, 3.05) is 0 Å². The Morgan fingerprint density at radius 2 is 1.06 bits per heavy atom. The Bertz CT molecular complexity index is 2960. The highest BCUT2D eigenvalue weighted by atomic mass is 15.0. The number of benzene rings is 7. The molecule has 0 fully saturated rings. The molecular formula is C45H25N5. The molecule has 9 rings (SSSR count). The lowest BCUT2D eigenvalue weighted by Gasteiger charge is -2.15. The third-order valence-electron chi connectivity index (χ3n) is 9.60. The Morgan fingerprint density at radius 1 is 0.400 bits per heavy atom. The summed E-state index contributed by atoms with van der Waals surface area (Å²) in [5.74, 6) is 0. The van der Waals surface area contributed by atoms with Gasteiger partial charge in [-0.3, -0.25) is 0 Å². The van der Waals surface area contributed by atoms with Crippen LogP contribution in [-0.2, 0) is 0 Å². The molecule has 230 valence electrons. The summed E-state index contributed by atoms with van der Waals surface area (Å²) in [6.07, 6.45) is 0. The van der Waals surface area contributed by atoms with Crippen molar-refractivity contribution in [3.8, 4) is 51.8 Å². The van der Waals surface area contributed by atoms with Gasteiger partial charge >= 0.3 is 0 Å². The van der Waals surface area contributed by atoms with E-state index in [0.29, 0.717) is 16.7 Å². The van der Waals surface area contributed by atoms with Crippen LogP contribution in [0.15, 0.2) is 152 Å². The van der Waals surface area contributed by atoms with Crippen LogP contribution in [-0.4, -0.2) is 9.13 Å². The van der Waals surface area contributed by atoms with E-state index in [1.165, 1.54) is 0 Å². The third kappa shape index (κ3) is 4.38. The molecule has 0 N–H and O–H groups in total. The van der Waals surface area contributed by atoms with Gasteiger partial charge in [-0.25, -0.2) is 0 Å². The van der Waals surface area contributed by atoms with Gasteiger partial charge in [-0.2, -0.15) is 15.8 Å². The van der Waals surface area contributed by atoms with E-state index in [1.807, 2.05) is 78.9 Å². The minimum absolute atomic E-state index is 0.573. The fourth-order valence-corrected chi connectivity index (χ4v) is 7.42. The Morgan fingerprint density at radius 3 is 1.84 bits per heavy atom. The number of hydrogen-bond acceptors (Lipinski definition) is 3. The normalized spacial score (nSPS) is 11.1. The van der Waals surface area contributed by atoms with Gasteiger partial charge in [0.2, 0.25) is 0 Å². The van der Waals surface area contributed by atoms with Crippen molar-refractivity contribution < 1.29 is 0 Å². The molecule has 5 heteroatoms. The molecule has 2 aromatic heterocycles. The molecule has 0 saturated heterocycles. The molecule has 0 amide bonds. The maximum Gasteiger partial charge on any atom is 0.0998 e. The van der Waals surface area contributed by atoms with Crippen LogP contribution in [0.25, 0.3) is 77.2 Å². The Labute approximate surface area is 287 Å². The number of rotatable bonds is 4. The van der Waals surface area contributed by atoms with Gasteiger partial charge in [0.05, 0.1) is 62.7 Å². The second kappa shape index (κ2) is 11.4. The predicted molar refractivity (Wildman–Crippen MR) is 200 cm³/mol. The van der Waals surface area contributed by atoms with Crippen LogP contribution in [0, 0.1) is 34.0 Å². The van der Waals surface area contributed by atoms with Gasteiger partial charge in [0.1, 0.15) is 0 Å². The van der Waals surface area contributed by atoms with Gasteiger partial charge in [0.25, 0.3) is 0 Å². The number of hydrogen-bond donors (Lipinski definition) is 0. The summed E-state index contributed by atoms with van der Waals surface area (Å²) in [6, 6.07) is 57.9. The number of nitrogens with zero attached hydrogens (tertiary/aromatic N) is 5. The van der Waals surface area contributed by atoms with Gasteiger partial charge in [-0.05, 0) is 95.6 Å². The summed E-state index contributed by atoms with van der Waals surface area (Å²) in [4.78, 5) is 0. The first-order valence-electron chi connectivity index (χ1n) is 16.3. The summed E-state index contributed by atoms with van der Waals surface area (Å²) < 4.78 is 4.45. The second-order valence-corrected chi connectivity index (χ2v) is 12.3. The largest absolute Gasteiger partial charge is 0.309 e. The van der Waals surface area contributed by atoms with Gasteiger partial charge in [-0.1, -0.05) is 72.8 Å². The molecule has 0 aliphatic carbocycles. The van der Waals surface area contributed by atoms with E-state index in [1.54, 1.807) is 0 Å². The lowest BCUT2D eigenvalue weighted by Crippen LogP contribution is -1.98. The minimum Gasteiger partial charge on any atom is -0.309 e. The number of aromatic nitrogens is 2. The van der Waals surface area contributed by atoms with Crippen LogP contribution in [0.2, 0.25) is 0 Å². The highest BCUT2D eigenvalue weighted by Crippen LogP contribution is 2.39. The van der Waals surface area contributed by atoms with Crippen LogP contribution < -0.4 is 0 Å². The maximum atomic E-state index is 10.2. The lowest BCUT2D eigenvalue weighted by atomic mass is 9.95. The first-order valence-corrected chi connectivity index (χ1v) is 16.3. The molecule has 0 bridgehead atoms. The molecule has 9 aromatic rings. The number of para-hydroxylation sites is 3. The van der Waals surface area contributed by atoms with Crippen molar-refractivity contribution in [3.63, 3.8) is 0 Å². The van der Waals surface area contributed by atoms with Gasteiger partial charge in [-0.15, -0.1) is 0 Å². The average molecular weight is 636 g/mol. The first-order chi connectivity index (χ1) is 24.7. The average Bonchev–Trinajstić information content (AvgIpc) is 3.70. The van der Waals surface area contributed by atoms with E-state index in [2.05, 4.69) is 100 Å². The van der Waals surface area contributed by atoms with Crippen LogP contribution >= 0.6 is 0 Å². The summed E-state index contributed by atoms with van der Waals surface area (Å²) in [5, 5.41) is 33.8. The summed E-state index contributed by atoms with van der Waals surface area (Å²) in [6.45, 7) is 0. The molecular weight excluding hydrogens is 611 g/mol. The zero-order chi connectivity index (χ0) is 33.8. The molecule has 2 heterocycles. The Kier molecular flexibility index (Phi) is 6.56. The maximum absolute atomic E-state index is 10.2. The molecule has 0 spiro atoms. The molecule has 0 saturated carbocycles. The van der Waals surface area contributed by atoms with Crippen LogP contribution in [0.3, 0.4) is 0 Å². The van der Waals surface area contributed by atoms with E-state index in [9.17, 15) is 15.8 Å². The van der Waals surface area contributed by atoms with Gasteiger partial charge in [0, 0.05) is 32.8 Å². The van der Waals surface area contributed by atoms with Crippen LogP contribution in [0.1, 0.15) is 16.7 Å². The first kappa shape index (κ1) is 28.8. The van der Waals surface area contributed by atoms with E-state index in [4.69, 9.17) is 0 Å². The van der Waals surface area contributed by atoms with Crippen LogP contribution in [0.5, 0.6) is 0 Å². The second-order valence-electron chi connectivity index (χ2n) is 12.3. The monoisotopic (exact) mass is 635 g/mol. The zero-order valence-electron chi connectivity index (χ0n) is 26.7. The third-order valence-corrected chi connectivity index (χ3v) is 9.60. The molecule has 5 nitrogen and oxygen atoms in total. The van der Waals surface area contributed by atoms with E-state index >= 15 is 0 Å². The van der Waals surface area contributed by atoms with Gasteiger partial charge < -0.3 is 9.13 Å². The topological polar surface area (TPSA) is 81.2 Å². The van der Waals surface area contributed by atoms with Crippen molar-refractivity contribution in [3.05, 3.63) is 168 Å². The standard InChI is InChI=1S/C45H25N5/c46-26-29-16-21-43-39(24-29)37-10-2-5-13-41(37)50(43)40-12-4-1-9-36(40)34-23-30(27-47)22-33(25-34)31-17-19-35(20-18-31)49-42-14-6-3-11-38(42)45-32(28-48)8-7-15-44(45)49/h1-25H.